The SMILES string of the molecule is COC(=O)[CH-]CC(C)=O.[C-]#[O+].[C-]#[O+].[C-]#[O+].[C-]#[O+].[Mn]. The van der Waals surface area contributed by atoms with Gasteiger partial charge in [-0.1, -0.05) is 6.42 Å². The molecule has 0 aromatic carbocycles. The summed E-state index contributed by atoms with van der Waals surface area (Å²) in [5.41, 5.74) is 0. The number of ether oxygens (including phenoxy) is 1. The number of rotatable bonds is 3. The monoisotopic (exact) mass is 296 g/mol. The zero-order valence-corrected chi connectivity index (χ0v) is 10.7. The molecule has 0 aliphatic rings. The van der Waals surface area contributed by atoms with Crippen LogP contribution in [0.4, 0.5) is 0 Å². The van der Waals surface area contributed by atoms with Gasteiger partial charge in [-0.15, -0.1) is 0 Å². The summed E-state index contributed by atoms with van der Waals surface area (Å²) in [4.78, 5) is 20.5. The average Bonchev–Trinajstić information content (AvgIpc) is 2.45. The number of methoxy groups -OCH3 is 1. The van der Waals surface area contributed by atoms with E-state index in [-0.39, 0.29) is 29.3 Å². The molecule has 0 aliphatic carbocycles. The molecule has 0 amide bonds. The first-order chi connectivity index (χ1) is 8.16. The minimum absolute atomic E-state index is 0. The van der Waals surface area contributed by atoms with Crippen LogP contribution in [-0.2, 0) is 50.0 Å². The van der Waals surface area contributed by atoms with Crippen molar-refractivity contribution in [3.8, 4) is 0 Å². The molecule has 0 saturated heterocycles. The molecule has 0 aliphatic heterocycles. The van der Waals surface area contributed by atoms with E-state index in [0.717, 1.165) is 0 Å². The second-order valence-electron chi connectivity index (χ2n) is 1.63. The largest absolute Gasteiger partial charge is 0 e. The standard InChI is InChI=1S/C6H9O3.4CO.Mn/c1-5(7)3-4-6(8)9-2;4*1-2;/h4H,3H2,1-2H3;;;;;/q-1;;;;;. The maximum Gasteiger partial charge on any atom is 0 e. The van der Waals surface area contributed by atoms with Gasteiger partial charge in [-0.3, -0.25) is 11.2 Å². The van der Waals surface area contributed by atoms with Gasteiger partial charge in [0.25, 0.3) is 0 Å². The Hall–Kier alpha value is -1.51. The van der Waals surface area contributed by atoms with Gasteiger partial charge in [0.05, 0.1) is 7.11 Å². The van der Waals surface area contributed by atoms with Crippen molar-refractivity contribution in [2.45, 2.75) is 13.3 Å². The Morgan fingerprint density at radius 2 is 1.28 bits per heavy atom. The molecule has 0 heterocycles. The van der Waals surface area contributed by atoms with E-state index in [9.17, 15) is 9.59 Å². The normalized spacial score (nSPS) is 4.56. The number of hydrogen-bond donors (Lipinski definition) is 0. The maximum absolute atomic E-state index is 10.3. The van der Waals surface area contributed by atoms with Gasteiger partial charge < -0.3 is 9.53 Å². The molecular weight excluding hydrogens is 287 g/mol. The number of ketones is 1. The van der Waals surface area contributed by atoms with Crippen LogP contribution in [0, 0.1) is 33.0 Å². The first-order valence-electron chi connectivity index (χ1n) is 3.39. The number of hydrogen-bond acceptors (Lipinski definition) is 3. The fourth-order valence-corrected chi connectivity index (χ4v) is 0.310. The van der Waals surface area contributed by atoms with Crippen LogP contribution in [-0.4, -0.2) is 18.9 Å². The van der Waals surface area contributed by atoms with Crippen molar-refractivity contribution in [2.24, 2.45) is 0 Å². The summed E-state index contributed by atoms with van der Waals surface area (Å²) >= 11 is 0. The van der Waals surface area contributed by atoms with Gasteiger partial charge in [0.2, 0.25) is 0 Å². The Balaban J connectivity index is -0.0000000342. The van der Waals surface area contributed by atoms with Crippen LogP contribution < -0.4 is 0 Å². The topological polar surface area (TPSA) is 123 Å². The van der Waals surface area contributed by atoms with E-state index in [1.165, 1.54) is 20.5 Å². The second kappa shape index (κ2) is 58.0. The Morgan fingerprint density at radius 3 is 1.44 bits per heavy atom. The van der Waals surface area contributed by atoms with E-state index in [1.54, 1.807) is 0 Å². The molecule has 0 atom stereocenters. The maximum atomic E-state index is 10.3. The van der Waals surface area contributed by atoms with Crippen molar-refractivity contribution < 1.29 is 50.0 Å². The summed E-state index contributed by atoms with van der Waals surface area (Å²) in [6.45, 7) is 19.4. The molecule has 0 aromatic rings. The molecule has 0 bridgehead atoms. The minimum atomic E-state index is -0.454. The summed E-state index contributed by atoms with van der Waals surface area (Å²) in [5, 5.41) is 0. The molecule has 0 saturated carbocycles. The molecule has 0 rings (SSSR count). The van der Waals surface area contributed by atoms with Crippen LogP contribution in [0.2, 0.25) is 0 Å². The van der Waals surface area contributed by atoms with Crippen LogP contribution in [0.15, 0.2) is 0 Å². The van der Waals surface area contributed by atoms with Crippen LogP contribution in [0.5, 0.6) is 0 Å². The molecule has 1 radical (unpaired) electrons. The number of carbonyl (C=O) groups is 2. The number of esters is 1. The Labute approximate surface area is 116 Å². The first-order valence-corrected chi connectivity index (χ1v) is 3.39. The molecule has 0 aromatic heterocycles. The van der Waals surface area contributed by atoms with Crippen LogP contribution in [0.1, 0.15) is 13.3 Å². The van der Waals surface area contributed by atoms with Gasteiger partial charge in [0.15, 0.2) is 5.97 Å². The smallest absolute Gasteiger partial charge is 0 e. The minimum Gasteiger partial charge on any atom is 0 e. The number of Topliss-reactive ketones (excluding diaryl/α,β-unsaturated/α-hetero) is 1. The van der Waals surface area contributed by atoms with Crippen molar-refractivity contribution in [1.29, 1.82) is 0 Å². The van der Waals surface area contributed by atoms with Crippen LogP contribution in [0.25, 0.3) is 0 Å². The number of carbonyl (C=O) groups excluding carboxylic acids is 2. The molecule has 7 nitrogen and oxygen atoms in total. The molecular formula is C10H9MnO7-. The average molecular weight is 296 g/mol. The predicted octanol–water partition coefficient (Wildman–Crippen LogP) is 0.190. The van der Waals surface area contributed by atoms with Gasteiger partial charge in [0, 0.05) is 17.1 Å². The summed E-state index contributed by atoms with van der Waals surface area (Å²) < 4.78 is 34.3. The van der Waals surface area contributed by atoms with Crippen molar-refractivity contribution in [3.05, 3.63) is 33.0 Å². The summed E-state index contributed by atoms with van der Waals surface area (Å²) in [6, 6.07) is 0. The van der Waals surface area contributed by atoms with E-state index in [1.807, 2.05) is 0 Å². The molecule has 99 valence electrons. The van der Waals surface area contributed by atoms with Gasteiger partial charge in [-0.05, 0) is 6.92 Å². The summed E-state index contributed by atoms with van der Waals surface area (Å²) in [6.07, 6.45) is 1.37. The van der Waals surface area contributed by atoms with E-state index in [4.69, 9.17) is 18.6 Å². The van der Waals surface area contributed by atoms with E-state index >= 15 is 0 Å². The third kappa shape index (κ3) is 87.5. The fraction of sp³-hybridized carbons (Fsp3) is 0.300. The van der Waals surface area contributed by atoms with Crippen molar-refractivity contribution in [2.75, 3.05) is 7.11 Å². The van der Waals surface area contributed by atoms with Crippen molar-refractivity contribution in [1.82, 2.24) is 0 Å². The molecule has 0 N–H and O–H groups in total. The Kier molecular flexibility index (Phi) is 116. The fourth-order valence-electron chi connectivity index (χ4n) is 0.310. The van der Waals surface area contributed by atoms with Crippen LogP contribution in [0.3, 0.4) is 0 Å². The molecule has 0 spiro atoms. The summed E-state index contributed by atoms with van der Waals surface area (Å²) in [5.74, 6) is -0.495. The molecule has 8 heteroatoms. The Morgan fingerprint density at radius 1 is 1.00 bits per heavy atom. The third-order valence-electron chi connectivity index (χ3n) is 0.757. The van der Waals surface area contributed by atoms with E-state index < -0.39 is 5.97 Å². The quantitative estimate of drug-likeness (QED) is 0.319. The first kappa shape index (κ1) is 36.0. The molecule has 0 fully saturated rings. The molecule has 18 heavy (non-hydrogen) atoms. The van der Waals surface area contributed by atoms with Gasteiger partial charge in [-0.2, -0.15) is 0 Å². The van der Waals surface area contributed by atoms with Crippen LogP contribution >= 0.6 is 0 Å². The Bertz CT molecular complexity index is 228. The van der Waals surface area contributed by atoms with Gasteiger partial charge in [-0.25, -0.2) is 0 Å². The van der Waals surface area contributed by atoms with Crippen molar-refractivity contribution >= 4 is 11.8 Å². The zero-order valence-electron chi connectivity index (χ0n) is 9.52. The zero-order chi connectivity index (χ0) is 15.3. The van der Waals surface area contributed by atoms with Gasteiger partial charge in [0.1, 0.15) is 5.78 Å². The summed E-state index contributed by atoms with van der Waals surface area (Å²) in [7, 11) is 1.28. The molecule has 0 unspecified atom stereocenters. The van der Waals surface area contributed by atoms with Crippen molar-refractivity contribution in [3.63, 3.8) is 0 Å². The van der Waals surface area contributed by atoms with Gasteiger partial charge >= 0.3 is 45.2 Å². The second-order valence-corrected chi connectivity index (χ2v) is 1.63. The third-order valence-corrected chi connectivity index (χ3v) is 0.757. The predicted molar refractivity (Wildman–Crippen MR) is 47.3 cm³/mol. The van der Waals surface area contributed by atoms with E-state index in [2.05, 4.69) is 31.3 Å². The van der Waals surface area contributed by atoms with E-state index in [0.29, 0.717) is 0 Å².